The van der Waals surface area contributed by atoms with Crippen molar-refractivity contribution >= 4 is 29.4 Å². The van der Waals surface area contributed by atoms with Crippen LogP contribution in [0.25, 0.3) is 6.08 Å². The largest absolute Gasteiger partial charge is 0.496 e. The fraction of sp³-hybridized carbons (Fsp3) is 0.130. The second-order valence-corrected chi connectivity index (χ2v) is 7.71. The molecule has 132 valence electrons. The number of allylic oxidation sites excluding steroid dienone is 1. The average molecular weight is 381 g/mol. The van der Waals surface area contributed by atoms with Gasteiger partial charge in [0.1, 0.15) is 5.75 Å². The Morgan fingerprint density at radius 2 is 1.65 bits per heavy atom. The van der Waals surface area contributed by atoms with Crippen LogP contribution >= 0.6 is 23.4 Å². The highest BCUT2D eigenvalue weighted by molar-refractivity contribution is 8.03. The Kier molecular flexibility index (Phi) is 6.43. The summed E-state index contributed by atoms with van der Waals surface area (Å²) in [5.74, 6) is 0.880. The zero-order chi connectivity index (χ0) is 18.4. The maximum absolute atomic E-state index is 6.03. The predicted molar refractivity (Wildman–Crippen MR) is 113 cm³/mol. The highest BCUT2D eigenvalue weighted by Crippen LogP contribution is 2.33. The molecular weight excluding hydrogens is 360 g/mol. The normalized spacial score (nSPS) is 11.4. The van der Waals surface area contributed by atoms with Crippen molar-refractivity contribution in [3.8, 4) is 5.75 Å². The monoisotopic (exact) mass is 380 g/mol. The second-order valence-electron chi connectivity index (χ2n) is 6.07. The van der Waals surface area contributed by atoms with Crippen LogP contribution in [0.5, 0.6) is 5.75 Å². The van der Waals surface area contributed by atoms with Crippen LogP contribution in [0.4, 0.5) is 0 Å². The molecule has 0 fully saturated rings. The van der Waals surface area contributed by atoms with Gasteiger partial charge in [-0.3, -0.25) is 0 Å². The van der Waals surface area contributed by atoms with Gasteiger partial charge in [-0.2, -0.15) is 0 Å². The lowest BCUT2D eigenvalue weighted by Gasteiger charge is -2.11. The van der Waals surface area contributed by atoms with Crippen molar-refractivity contribution in [1.29, 1.82) is 0 Å². The summed E-state index contributed by atoms with van der Waals surface area (Å²) >= 11 is 7.81. The summed E-state index contributed by atoms with van der Waals surface area (Å²) in [6.45, 7) is 2.10. The first-order valence-electron chi connectivity index (χ1n) is 8.46. The minimum Gasteiger partial charge on any atom is -0.496 e. The molecule has 0 saturated carbocycles. The maximum atomic E-state index is 6.03. The number of thioether (sulfide) groups is 1. The van der Waals surface area contributed by atoms with Gasteiger partial charge < -0.3 is 4.74 Å². The molecule has 3 rings (SSSR count). The van der Waals surface area contributed by atoms with Crippen molar-refractivity contribution in [2.75, 3.05) is 7.11 Å². The van der Waals surface area contributed by atoms with E-state index in [-0.39, 0.29) is 0 Å². The molecule has 0 aromatic heterocycles. The van der Waals surface area contributed by atoms with Crippen molar-refractivity contribution in [2.45, 2.75) is 18.2 Å². The van der Waals surface area contributed by atoms with E-state index >= 15 is 0 Å². The summed E-state index contributed by atoms with van der Waals surface area (Å²) in [5.41, 5.74) is 3.58. The Bertz CT molecular complexity index is 833. The van der Waals surface area contributed by atoms with Crippen molar-refractivity contribution in [1.82, 2.24) is 0 Å². The van der Waals surface area contributed by atoms with Crippen molar-refractivity contribution < 1.29 is 4.74 Å². The molecule has 0 aliphatic carbocycles. The van der Waals surface area contributed by atoms with Crippen LogP contribution in [-0.4, -0.2) is 7.11 Å². The first-order valence-corrected chi connectivity index (χ1v) is 9.66. The van der Waals surface area contributed by atoms with Crippen LogP contribution in [0.15, 0.2) is 82.6 Å². The van der Waals surface area contributed by atoms with E-state index in [4.69, 9.17) is 16.3 Å². The number of methoxy groups -OCH3 is 1. The molecule has 0 saturated heterocycles. The van der Waals surface area contributed by atoms with Gasteiger partial charge in [0, 0.05) is 21.9 Å². The molecule has 1 nitrogen and oxygen atoms in total. The van der Waals surface area contributed by atoms with Gasteiger partial charge in [-0.15, -0.1) is 0 Å². The standard InChI is InChI=1S/C23H21ClOS/c1-17-7-13-21(14-8-17)26-22(15-18-9-11-20(24)12-10-18)16-19-5-3-4-6-23(19)25-2/h3-14,16H,15H2,1-2H3/b22-16+. The molecule has 3 aromatic carbocycles. The van der Waals surface area contributed by atoms with Gasteiger partial charge in [0.05, 0.1) is 7.11 Å². The van der Waals surface area contributed by atoms with Gasteiger partial charge in [0.15, 0.2) is 0 Å². The van der Waals surface area contributed by atoms with Crippen LogP contribution in [0, 0.1) is 6.92 Å². The lowest BCUT2D eigenvalue weighted by Crippen LogP contribution is -1.90. The SMILES string of the molecule is COc1ccccc1/C=C(\Cc1ccc(Cl)cc1)Sc1ccc(C)cc1. The van der Waals surface area contributed by atoms with Gasteiger partial charge in [0.2, 0.25) is 0 Å². The van der Waals surface area contributed by atoms with E-state index in [1.54, 1.807) is 18.9 Å². The Morgan fingerprint density at radius 3 is 2.35 bits per heavy atom. The zero-order valence-electron chi connectivity index (χ0n) is 14.9. The minimum absolute atomic E-state index is 0.759. The molecule has 0 aliphatic heterocycles. The lowest BCUT2D eigenvalue weighted by molar-refractivity contribution is 0.414. The Hall–Kier alpha value is -2.16. The molecular formula is C23H21ClOS. The van der Waals surface area contributed by atoms with Gasteiger partial charge in [-0.25, -0.2) is 0 Å². The second kappa shape index (κ2) is 8.98. The number of aryl methyl sites for hydroxylation is 1. The smallest absolute Gasteiger partial charge is 0.126 e. The summed E-state index contributed by atoms with van der Waals surface area (Å²) < 4.78 is 5.51. The lowest BCUT2D eigenvalue weighted by atomic mass is 10.1. The van der Waals surface area contributed by atoms with E-state index in [2.05, 4.69) is 55.5 Å². The van der Waals surface area contributed by atoms with Gasteiger partial charge in [-0.1, -0.05) is 71.4 Å². The molecule has 26 heavy (non-hydrogen) atoms. The molecule has 0 unspecified atom stereocenters. The fourth-order valence-electron chi connectivity index (χ4n) is 2.64. The highest BCUT2D eigenvalue weighted by Gasteiger charge is 2.07. The summed E-state index contributed by atoms with van der Waals surface area (Å²) in [4.78, 5) is 2.48. The average Bonchev–Trinajstić information content (AvgIpc) is 2.66. The topological polar surface area (TPSA) is 9.23 Å². The third-order valence-electron chi connectivity index (χ3n) is 4.02. The van der Waals surface area contributed by atoms with E-state index < -0.39 is 0 Å². The number of rotatable bonds is 6. The number of hydrogen-bond acceptors (Lipinski definition) is 2. The number of benzene rings is 3. The summed E-state index contributed by atoms with van der Waals surface area (Å²) in [5, 5.41) is 0.759. The van der Waals surface area contributed by atoms with Crippen LogP contribution in [-0.2, 0) is 6.42 Å². The van der Waals surface area contributed by atoms with E-state index in [0.717, 1.165) is 22.8 Å². The van der Waals surface area contributed by atoms with E-state index in [9.17, 15) is 0 Å². The molecule has 0 bridgehead atoms. The predicted octanol–water partition coefficient (Wildman–Crippen LogP) is 7.03. The van der Waals surface area contributed by atoms with Gasteiger partial charge in [0.25, 0.3) is 0 Å². The zero-order valence-corrected chi connectivity index (χ0v) is 16.5. The van der Waals surface area contributed by atoms with Crippen LogP contribution in [0.1, 0.15) is 16.7 Å². The summed E-state index contributed by atoms with van der Waals surface area (Å²) in [7, 11) is 1.71. The Morgan fingerprint density at radius 1 is 0.962 bits per heavy atom. The number of ether oxygens (including phenoxy) is 1. The molecule has 3 aromatic rings. The van der Waals surface area contributed by atoms with Crippen LogP contribution in [0.2, 0.25) is 5.02 Å². The first-order chi connectivity index (χ1) is 12.6. The maximum Gasteiger partial charge on any atom is 0.126 e. The number of hydrogen-bond donors (Lipinski definition) is 0. The third-order valence-corrected chi connectivity index (χ3v) is 5.30. The molecule has 0 N–H and O–H groups in total. The van der Waals surface area contributed by atoms with Crippen molar-refractivity contribution in [3.63, 3.8) is 0 Å². The molecule has 0 atom stereocenters. The van der Waals surface area contributed by atoms with Crippen LogP contribution in [0.3, 0.4) is 0 Å². The van der Waals surface area contributed by atoms with Crippen molar-refractivity contribution in [2.24, 2.45) is 0 Å². The first kappa shape index (κ1) is 18.6. The summed E-state index contributed by atoms with van der Waals surface area (Å²) in [6.07, 6.45) is 3.05. The van der Waals surface area contributed by atoms with E-state index in [1.807, 2.05) is 30.3 Å². The minimum atomic E-state index is 0.759. The quantitative estimate of drug-likeness (QED) is 0.424. The molecule has 3 heteroatoms. The van der Waals surface area contributed by atoms with Gasteiger partial charge in [-0.05, 0) is 53.8 Å². The van der Waals surface area contributed by atoms with Crippen LogP contribution < -0.4 is 4.74 Å². The molecule has 0 amide bonds. The van der Waals surface area contributed by atoms with E-state index in [1.165, 1.54) is 20.9 Å². The Labute approximate surface area is 164 Å². The molecule has 0 aliphatic rings. The summed E-state index contributed by atoms with van der Waals surface area (Å²) in [6, 6.07) is 24.7. The number of para-hydroxylation sites is 1. The molecule has 0 radical (unpaired) electrons. The number of halogens is 1. The third kappa shape index (κ3) is 5.17. The highest BCUT2D eigenvalue weighted by atomic mass is 35.5. The fourth-order valence-corrected chi connectivity index (χ4v) is 3.76. The van der Waals surface area contributed by atoms with E-state index in [0.29, 0.717) is 0 Å². The Balaban J connectivity index is 1.93. The van der Waals surface area contributed by atoms with Crippen molar-refractivity contribution in [3.05, 3.63) is 99.4 Å². The van der Waals surface area contributed by atoms with Gasteiger partial charge >= 0.3 is 0 Å². The molecule has 0 heterocycles. The molecule has 0 spiro atoms.